The largest absolute Gasteiger partial charge is 0.496 e. The van der Waals surface area contributed by atoms with Gasteiger partial charge in [-0.05, 0) is 6.92 Å². The Morgan fingerprint density at radius 3 is 2.52 bits per heavy atom. The number of amides is 1. The molecule has 1 atom stereocenters. The third-order valence-electron chi connectivity index (χ3n) is 4.91. The third kappa shape index (κ3) is 3.34. The van der Waals surface area contributed by atoms with Gasteiger partial charge in [-0.25, -0.2) is 0 Å². The number of likely N-dealkylation sites (tertiary alicyclic amines) is 1. The van der Waals surface area contributed by atoms with Gasteiger partial charge in [0.15, 0.2) is 5.78 Å². The Morgan fingerprint density at radius 2 is 1.96 bits per heavy atom. The number of carbonyl (C=O) groups excluding carboxylic acids is 2. The van der Waals surface area contributed by atoms with E-state index >= 15 is 0 Å². The van der Waals surface area contributed by atoms with E-state index in [0.717, 1.165) is 0 Å². The first-order valence-corrected chi connectivity index (χ1v) is 9.22. The van der Waals surface area contributed by atoms with Crippen molar-refractivity contribution in [2.24, 2.45) is 0 Å². The van der Waals surface area contributed by atoms with Gasteiger partial charge >= 0.3 is 0 Å². The van der Waals surface area contributed by atoms with Crippen LogP contribution in [-0.4, -0.2) is 54.3 Å². The summed E-state index contributed by atoms with van der Waals surface area (Å²) in [5.41, 5.74) is -0.0881. The SMILES string of the molecule is COc1cc(OC)c2c(c1)OC1(CCN(C(=O)C(C)Br)CC1)CC2=O. The number of hydrogen-bond acceptors (Lipinski definition) is 5. The molecule has 2 aliphatic rings. The molecule has 1 unspecified atom stereocenters. The fourth-order valence-electron chi connectivity index (χ4n) is 3.52. The van der Waals surface area contributed by atoms with E-state index in [1.54, 1.807) is 19.2 Å². The van der Waals surface area contributed by atoms with Crippen molar-refractivity contribution in [1.29, 1.82) is 0 Å². The molecule has 0 bridgehead atoms. The molecule has 1 spiro atoms. The first-order valence-electron chi connectivity index (χ1n) is 8.30. The number of piperidine rings is 1. The Morgan fingerprint density at radius 1 is 1.28 bits per heavy atom. The predicted molar refractivity (Wildman–Crippen MR) is 96.1 cm³/mol. The molecular weight excluding hydrogens is 390 g/mol. The molecule has 1 fully saturated rings. The maximum Gasteiger partial charge on any atom is 0.236 e. The fraction of sp³-hybridized carbons (Fsp3) is 0.556. The Bertz CT molecular complexity index is 695. The highest BCUT2D eigenvalue weighted by molar-refractivity contribution is 9.10. The average molecular weight is 412 g/mol. The Balaban J connectivity index is 1.85. The van der Waals surface area contributed by atoms with Gasteiger partial charge in [0.05, 0.1) is 25.5 Å². The summed E-state index contributed by atoms with van der Waals surface area (Å²) in [6, 6.07) is 3.42. The van der Waals surface area contributed by atoms with Gasteiger partial charge < -0.3 is 19.1 Å². The molecule has 136 valence electrons. The van der Waals surface area contributed by atoms with Crippen molar-refractivity contribution in [2.75, 3.05) is 27.3 Å². The van der Waals surface area contributed by atoms with Crippen LogP contribution < -0.4 is 14.2 Å². The maximum absolute atomic E-state index is 12.8. The molecule has 2 heterocycles. The number of ketones is 1. The number of rotatable bonds is 3. The third-order valence-corrected chi connectivity index (χ3v) is 5.30. The first-order chi connectivity index (χ1) is 11.9. The zero-order valence-corrected chi connectivity index (χ0v) is 16.2. The van der Waals surface area contributed by atoms with Gasteiger partial charge in [0.1, 0.15) is 28.4 Å². The lowest BCUT2D eigenvalue weighted by Crippen LogP contribution is -2.53. The van der Waals surface area contributed by atoms with Crippen molar-refractivity contribution in [2.45, 2.75) is 36.6 Å². The number of hydrogen-bond donors (Lipinski definition) is 0. The van der Waals surface area contributed by atoms with Crippen molar-refractivity contribution in [3.05, 3.63) is 17.7 Å². The van der Waals surface area contributed by atoms with E-state index in [4.69, 9.17) is 14.2 Å². The smallest absolute Gasteiger partial charge is 0.236 e. The van der Waals surface area contributed by atoms with Gasteiger partial charge in [0, 0.05) is 38.1 Å². The zero-order valence-electron chi connectivity index (χ0n) is 14.6. The molecule has 6 nitrogen and oxygen atoms in total. The lowest BCUT2D eigenvalue weighted by molar-refractivity contribution is -0.133. The van der Waals surface area contributed by atoms with Crippen molar-refractivity contribution >= 4 is 27.6 Å². The van der Waals surface area contributed by atoms with E-state index in [0.29, 0.717) is 55.2 Å². The number of Topliss-reactive ketones (excluding diaryl/α,β-unsaturated/α-hetero) is 1. The summed E-state index contributed by atoms with van der Waals surface area (Å²) in [5, 5.41) is 0. The minimum atomic E-state index is -0.562. The molecule has 1 aromatic carbocycles. The quantitative estimate of drug-likeness (QED) is 0.715. The number of ether oxygens (including phenoxy) is 3. The van der Waals surface area contributed by atoms with Crippen LogP contribution in [0, 0.1) is 0 Å². The van der Waals surface area contributed by atoms with Crippen LogP contribution in [0.15, 0.2) is 12.1 Å². The van der Waals surface area contributed by atoms with Crippen molar-refractivity contribution in [3.63, 3.8) is 0 Å². The van der Waals surface area contributed by atoms with Crippen LogP contribution in [0.5, 0.6) is 17.2 Å². The summed E-state index contributed by atoms with van der Waals surface area (Å²) in [7, 11) is 3.09. The summed E-state index contributed by atoms with van der Waals surface area (Å²) < 4.78 is 16.9. The van der Waals surface area contributed by atoms with E-state index in [-0.39, 0.29) is 16.5 Å². The Labute approximate surface area is 155 Å². The average Bonchev–Trinajstić information content (AvgIpc) is 2.60. The molecule has 1 amide bonds. The van der Waals surface area contributed by atoms with Crippen LogP contribution in [0.1, 0.15) is 36.5 Å². The van der Waals surface area contributed by atoms with Crippen LogP contribution in [0.2, 0.25) is 0 Å². The summed E-state index contributed by atoms with van der Waals surface area (Å²) in [6.07, 6.45) is 1.56. The second kappa shape index (κ2) is 6.86. The highest BCUT2D eigenvalue weighted by Crippen LogP contribution is 2.44. The molecule has 2 aliphatic heterocycles. The minimum absolute atomic E-state index is 0.00869. The van der Waals surface area contributed by atoms with Gasteiger partial charge in [-0.15, -0.1) is 0 Å². The molecule has 0 aromatic heterocycles. The second-order valence-corrected chi connectivity index (χ2v) is 7.90. The molecule has 25 heavy (non-hydrogen) atoms. The summed E-state index contributed by atoms with van der Waals surface area (Å²) in [5.74, 6) is 1.63. The normalized spacial score (nSPS) is 19.8. The fourth-order valence-corrected chi connectivity index (χ4v) is 3.80. The molecule has 1 saturated heterocycles. The molecule has 3 rings (SSSR count). The highest BCUT2D eigenvalue weighted by atomic mass is 79.9. The number of nitrogens with zero attached hydrogens (tertiary/aromatic N) is 1. The summed E-state index contributed by atoms with van der Waals surface area (Å²) in [4.78, 5) is 26.5. The minimum Gasteiger partial charge on any atom is -0.496 e. The maximum atomic E-state index is 12.8. The van der Waals surface area contributed by atoms with Gasteiger partial charge in [-0.3, -0.25) is 9.59 Å². The van der Waals surface area contributed by atoms with Gasteiger partial charge in [0.2, 0.25) is 5.91 Å². The molecule has 1 aromatic rings. The molecule has 0 N–H and O–H groups in total. The van der Waals surface area contributed by atoms with Crippen LogP contribution in [-0.2, 0) is 4.79 Å². The summed E-state index contributed by atoms with van der Waals surface area (Å²) in [6.45, 7) is 2.99. The van der Waals surface area contributed by atoms with Gasteiger partial charge in [-0.1, -0.05) is 15.9 Å². The van der Waals surface area contributed by atoms with E-state index in [1.165, 1.54) is 7.11 Å². The Kier molecular flexibility index (Phi) is 4.95. The standard InChI is InChI=1S/C18H22BrNO5/c1-11(19)17(22)20-6-4-18(5-7-20)10-13(21)16-14(24-3)8-12(23-2)9-15(16)25-18/h8-9,11H,4-7,10H2,1-3H3. The van der Waals surface area contributed by atoms with E-state index in [1.807, 2.05) is 11.8 Å². The number of carbonyl (C=O) groups is 2. The van der Waals surface area contributed by atoms with Crippen molar-refractivity contribution < 1.29 is 23.8 Å². The van der Waals surface area contributed by atoms with Gasteiger partial charge in [0.25, 0.3) is 0 Å². The number of halogens is 1. The number of fused-ring (bicyclic) bond motifs is 1. The lowest BCUT2D eigenvalue weighted by atomic mass is 9.82. The number of methoxy groups -OCH3 is 2. The van der Waals surface area contributed by atoms with Crippen molar-refractivity contribution in [3.8, 4) is 17.2 Å². The molecule has 0 radical (unpaired) electrons. The van der Waals surface area contributed by atoms with Crippen LogP contribution in [0.4, 0.5) is 0 Å². The zero-order chi connectivity index (χ0) is 18.2. The van der Waals surface area contributed by atoms with Crippen molar-refractivity contribution in [1.82, 2.24) is 4.90 Å². The highest BCUT2D eigenvalue weighted by Gasteiger charge is 2.45. The molecule has 0 aliphatic carbocycles. The Hall–Kier alpha value is -1.76. The summed E-state index contributed by atoms with van der Waals surface area (Å²) >= 11 is 3.32. The van der Waals surface area contributed by atoms with E-state index < -0.39 is 5.60 Å². The number of alkyl halides is 1. The van der Waals surface area contributed by atoms with Crippen LogP contribution in [0.25, 0.3) is 0 Å². The van der Waals surface area contributed by atoms with Gasteiger partial charge in [-0.2, -0.15) is 0 Å². The van der Waals surface area contributed by atoms with E-state index in [2.05, 4.69) is 15.9 Å². The van der Waals surface area contributed by atoms with Crippen LogP contribution in [0.3, 0.4) is 0 Å². The second-order valence-electron chi connectivity index (χ2n) is 6.53. The predicted octanol–water partition coefficient (Wildman–Crippen LogP) is 2.81. The topological polar surface area (TPSA) is 65.1 Å². The lowest BCUT2D eigenvalue weighted by Gasteiger charge is -2.44. The molecular formula is C18H22BrNO5. The molecule has 7 heteroatoms. The van der Waals surface area contributed by atoms with Crippen LogP contribution >= 0.6 is 15.9 Å². The van der Waals surface area contributed by atoms with E-state index in [9.17, 15) is 9.59 Å². The monoisotopic (exact) mass is 411 g/mol. The molecule has 0 saturated carbocycles. The number of benzene rings is 1. The first kappa shape index (κ1) is 18.0.